The predicted molar refractivity (Wildman–Crippen MR) is 395 cm³/mol. The number of methoxy groups -OCH3 is 2. The van der Waals surface area contributed by atoms with Crippen molar-refractivity contribution < 1.29 is 90.8 Å². The number of urea groups is 1. The van der Waals surface area contributed by atoms with E-state index in [9.17, 15) is 67.0 Å². The molecule has 29 nitrogen and oxygen atoms in total. The molecule has 3 fully saturated rings. The van der Waals surface area contributed by atoms with Crippen molar-refractivity contribution in [3.8, 4) is 0 Å². The number of amides is 11. The van der Waals surface area contributed by atoms with Crippen LogP contribution in [-0.2, 0) is 73.5 Å². The number of ether oxygens (including phenoxy) is 4. The number of nitrogens with zero attached hydrogens (tertiary/aromatic N) is 4. The van der Waals surface area contributed by atoms with Gasteiger partial charge in [0, 0.05) is 70.6 Å². The Balaban J connectivity index is 1.24. The number of nitrogens with one attached hydrogen (secondary N) is 6. The van der Waals surface area contributed by atoms with Gasteiger partial charge in [0.1, 0.15) is 36.7 Å². The van der Waals surface area contributed by atoms with E-state index < -0.39 is 137 Å². The summed E-state index contributed by atoms with van der Waals surface area (Å²) in [5.41, 5.74) is 5.87. The highest BCUT2D eigenvalue weighted by Gasteiger charge is 2.49. The molecule has 1 unspecified atom stereocenters. The van der Waals surface area contributed by atoms with Gasteiger partial charge in [-0.25, -0.2) is 14.0 Å². The van der Waals surface area contributed by atoms with Gasteiger partial charge in [-0.1, -0.05) is 87.3 Å². The molecule has 0 aromatic heterocycles. The zero-order valence-electron chi connectivity index (χ0n) is 64.1. The first-order chi connectivity index (χ1) is 50.0. The Labute approximate surface area is 626 Å². The maximum atomic E-state index is 15.1. The lowest BCUT2D eigenvalue weighted by molar-refractivity contribution is -0.148. The first-order valence-electron chi connectivity index (χ1n) is 36.7. The number of nitrogens with two attached hydrogens (primary N) is 1. The summed E-state index contributed by atoms with van der Waals surface area (Å²) in [5.74, 6) is -7.59. The van der Waals surface area contributed by atoms with Gasteiger partial charge in [-0.15, -0.1) is 11.8 Å². The molecule has 0 radical (unpaired) electrons. The minimum absolute atomic E-state index is 0.0331. The van der Waals surface area contributed by atoms with Gasteiger partial charge >= 0.3 is 18.2 Å². The second kappa shape index (κ2) is 41.7. The minimum atomic E-state index is -1.17. The number of aliphatic carboxylic acids is 1. The molecule has 590 valence electrons. The van der Waals surface area contributed by atoms with E-state index in [1.54, 1.807) is 58.9 Å². The number of thioether (sulfide) groups is 1. The molecular formula is C75H114FN11O18S. The fourth-order valence-corrected chi connectivity index (χ4v) is 15.2. The number of primary amides is 1. The highest BCUT2D eigenvalue weighted by Crippen LogP contribution is 2.52. The van der Waals surface area contributed by atoms with E-state index in [1.165, 1.54) is 71.9 Å². The van der Waals surface area contributed by atoms with Gasteiger partial charge in [0.25, 0.3) is 0 Å². The lowest BCUT2D eigenvalue weighted by Crippen LogP contribution is -2.59. The number of unbranched alkanes of at least 4 members (excludes halogenated alkanes) is 2. The van der Waals surface area contributed by atoms with Crippen LogP contribution in [0.4, 0.5) is 19.7 Å². The van der Waals surface area contributed by atoms with E-state index >= 15 is 4.79 Å². The number of ketones is 1. The highest BCUT2D eigenvalue weighted by molar-refractivity contribution is 8.00. The van der Waals surface area contributed by atoms with Crippen LogP contribution in [0.5, 0.6) is 0 Å². The average molecular weight is 1510 g/mol. The smallest absolute Gasteiger partial charge is 0.481 e. The quantitative estimate of drug-likeness (QED) is 0.0159. The number of likely N-dealkylation sites (tertiary alicyclic amines) is 2. The topological polar surface area (TPSA) is 390 Å². The molecule has 2 heterocycles. The number of carboxylic acids is 1. The first-order valence-corrected chi connectivity index (χ1v) is 37.7. The SMILES string of the molecule is CC[C@H](C)[C@@H]([C@@H](CC(=O)N1C[C@@H](OC(=O)OCc2ccc(NC(=O)[C@H](CCCNC(N)=O)NC(=O)[C@@H](NC(=O)CCCCCN3C(=O)CC(SCC4(CC(=O)O)CC4)C3=O)C(C)C)cc2)C[C@H]1[C@H](OC)[C@@H](C)C(=O)N[C@@H](C)C(=O)c1ccc(F)cc1)OC)N(C)C(=O)[C@@H](NC(=O)[C@H](C(C)C)N(C)C)C(C)C. The van der Waals surface area contributed by atoms with E-state index in [-0.39, 0.29) is 129 Å². The van der Waals surface area contributed by atoms with Crippen LogP contribution in [0.25, 0.3) is 0 Å². The summed E-state index contributed by atoms with van der Waals surface area (Å²) in [5, 5.41) is 25.2. The van der Waals surface area contributed by atoms with Gasteiger partial charge in [0.2, 0.25) is 53.2 Å². The second-order valence-corrected chi connectivity index (χ2v) is 30.8. The Kier molecular flexibility index (Phi) is 34.8. The number of likely N-dealkylation sites (N-methyl/N-ethyl adjacent to an activating group) is 2. The molecule has 1 aliphatic carbocycles. The van der Waals surface area contributed by atoms with Crippen molar-refractivity contribution in [3.05, 3.63) is 65.5 Å². The van der Waals surface area contributed by atoms with E-state index in [2.05, 4.69) is 31.9 Å². The highest BCUT2D eigenvalue weighted by atomic mass is 32.2. The van der Waals surface area contributed by atoms with E-state index in [0.29, 0.717) is 37.0 Å². The molecule has 0 bridgehead atoms. The molecule has 106 heavy (non-hydrogen) atoms. The molecule has 31 heteroatoms. The van der Waals surface area contributed by atoms with Crippen LogP contribution in [0.3, 0.4) is 0 Å². The normalized spacial score (nSPS) is 19.0. The Morgan fingerprint density at radius 1 is 0.764 bits per heavy atom. The minimum Gasteiger partial charge on any atom is -0.481 e. The number of Topliss-reactive ketones (excluding diaryl/α,β-unsaturated/α-hetero) is 1. The largest absolute Gasteiger partial charge is 0.508 e. The average Bonchev–Trinajstić information content (AvgIpc) is 1.61. The fraction of sp³-hybridized carbons (Fsp3) is 0.667. The Morgan fingerprint density at radius 2 is 1.42 bits per heavy atom. The van der Waals surface area contributed by atoms with Crippen LogP contribution < -0.4 is 37.6 Å². The fourth-order valence-electron chi connectivity index (χ4n) is 13.7. The zero-order chi connectivity index (χ0) is 79.0. The summed E-state index contributed by atoms with van der Waals surface area (Å²) >= 11 is 1.34. The third-order valence-corrected chi connectivity index (χ3v) is 21.7. The third kappa shape index (κ3) is 26.0. The van der Waals surface area contributed by atoms with E-state index in [0.717, 1.165) is 25.0 Å². The van der Waals surface area contributed by atoms with E-state index in [1.807, 2.05) is 41.5 Å². The van der Waals surface area contributed by atoms with Crippen LogP contribution in [0.2, 0.25) is 0 Å². The van der Waals surface area contributed by atoms with Crippen LogP contribution in [0, 0.1) is 40.8 Å². The van der Waals surface area contributed by atoms with Gasteiger partial charge in [-0.05, 0) is 131 Å². The van der Waals surface area contributed by atoms with Crippen molar-refractivity contribution in [2.24, 2.45) is 40.7 Å². The van der Waals surface area contributed by atoms with Crippen molar-refractivity contribution in [1.29, 1.82) is 0 Å². The van der Waals surface area contributed by atoms with Gasteiger partial charge in [0.15, 0.2) is 5.78 Å². The maximum absolute atomic E-state index is 15.1. The van der Waals surface area contributed by atoms with Gasteiger partial charge in [-0.3, -0.25) is 62.5 Å². The number of anilines is 1. The number of imide groups is 1. The number of rotatable bonds is 44. The van der Waals surface area contributed by atoms with E-state index in [4.69, 9.17) is 24.7 Å². The molecular weight excluding hydrogens is 1390 g/mol. The monoisotopic (exact) mass is 1510 g/mol. The molecule has 11 amide bonds. The molecule has 2 aromatic carbocycles. The van der Waals surface area contributed by atoms with Crippen molar-refractivity contribution in [3.63, 3.8) is 0 Å². The Bertz CT molecular complexity index is 3350. The summed E-state index contributed by atoms with van der Waals surface area (Å²) in [6.45, 7) is 17.6. The van der Waals surface area contributed by atoms with Crippen LogP contribution in [-0.4, -0.2) is 228 Å². The number of halogens is 1. The second-order valence-electron chi connectivity index (χ2n) is 29.6. The number of carbonyl (C=O) groups excluding carboxylic acids is 12. The van der Waals surface area contributed by atoms with Crippen LogP contribution in [0.15, 0.2) is 48.5 Å². The van der Waals surface area contributed by atoms with Crippen molar-refractivity contribution in [2.75, 3.05) is 66.1 Å². The Hall–Kier alpha value is -8.29. The summed E-state index contributed by atoms with van der Waals surface area (Å²) < 4.78 is 37.4. The standard InChI is InChI=1S/C75H114FN11O18S/c1-16-45(8)64(85(13)72(99)62(43(4)5)83-70(97)63(44(6)7)84(11)12)55(102-14)36-58(89)87-39-52(35-54(87)66(103-15)46(9)67(94)79-47(10)65(93)49-25-27-50(76)28-26-49)105-74(101)104-40-48-23-29-51(30-24-48)80-68(95)53(21-20-33-78-73(77)100)81-69(96)61(42(2)3)82-57(88)22-18-17-19-34-86-59(90)37-56(71(86)98)106-41-75(31-32-75)38-60(91)92/h23-30,42-47,52-56,61-64,66H,16-22,31-41H2,1-15H3,(H,79,94)(H,80,95)(H,81,96)(H,82,88)(H,83,97)(H,91,92)(H3,77,78,100)/t45-,46+,47-,52-,53-,54-,55+,56?,61-,62-,63-,64-,66+/m0/s1. The van der Waals surface area contributed by atoms with Crippen LogP contribution in [0.1, 0.15) is 169 Å². The summed E-state index contributed by atoms with van der Waals surface area (Å²) in [4.78, 5) is 181. The Morgan fingerprint density at radius 3 is 1.98 bits per heavy atom. The predicted octanol–water partition coefficient (Wildman–Crippen LogP) is 6.18. The van der Waals surface area contributed by atoms with Crippen LogP contribution >= 0.6 is 11.8 Å². The summed E-state index contributed by atoms with van der Waals surface area (Å²) in [7, 11) is 8.01. The molecule has 5 rings (SSSR count). The van der Waals surface area contributed by atoms with Crippen molar-refractivity contribution in [2.45, 2.75) is 225 Å². The van der Waals surface area contributed by atoms with Crippen molar-refractivity contribution >= 4 is 94.6 Å². The summed E-state index contributed by atoms with van der Waals surface area (Å²) in [6, 6.07) is 3.93. The number of hydrogen-bond donors (Lipinski definition) is 8. The van der Waals surface area contributed by atoms with Crippen molar-refractivity contribution in [1.82, 2.24) is 46.2 Å². The number of carboxylic acid groups (broad SMARTS) is 1. The molecule has 2 saturated heterocycles. The molecule has 9 N–H and O–H groups in total. The molecule has 3 aliphatic rings. The van der Waals surface area contributed by atoms with Gasteiger partial charge < -0.3 is 71.5 Å². The number of benzene rings is 2. The maximum Gasteiger partial charge on any atom is 0.508 e. The lowest BCUT2D eigenvalue weighted by Gasteiger charge is -2.41. The lowest BCUT2D eigenvalue weighted by atomic mass is 9.89. The molecule has 0 spiro atoms. The molecule has 13 atom stereocenters. The first kappa shape index (κ1) is 88.3. The zero-order valence-corrected chi connectivity index (χ0v) is 64.9. The molecule has 2 aromatic rings. The molecule has 2 aliphatic heterocycles. The van der Waals surface area contributed by atoms with Gasteiger partial charge in [-0.2, -0.15) is 0 Å². The summed E-state index contributed by atoms with van der Waals surface area (Å²) in [6.07, 6.45) is -0.625. The molecule has 1 saturated carbocycles. The van der Waals surface area contributed by atoms with Gasteiger partial charge in [0.05, 0.1) is 66.9 Å². The number of carbonyl (C=O) groups is 13. The number of hydrogen-bond acceptors (Lipinski definition) is 19. The third-order valence-electron chi connectivity index (χ3n) is 20.1.